The maximum Gasteiger partial charge on any atom is 0.161 e. The van der Waals surface area contributed by atoms with Crippen molar-refractivity contribution < 1.29 is 19.4 Å². The highest BCUT2D eigenvalue weighted by molar-refractivity contribution is 6.06. The summed E-state index contributed by atoms with van der Waals surface area (Å²) in [4.78, 5) is 28.3. The molecule has 3 aliphatic rings. The van der Waals surface area contributed by atoms with Crippen LogP contribution in [0.1, 0.15) is 62.5 Å². The number of Topliss-reactive ketones (excluding diaryl/α,β-unsaturated/α-hetero) is 2. The highest BCUT2D eigenvalue weighted by Crippen LogP contribution is 2.50. The lowest BCUT2D eigenvalue weighted by atomic mass is 9.71. The second-order valence-electron chi connectivity index (χ2n) is 8.22. The first-order valence-electron chi connectivity index (χ1n) is 10.8. The number of rotatable bonds is 5. The van der Waals surface area contributed by atoms with Gasteiger partial charge in [0.15, 0.2) is 23.1 Å². The fraction of sp³-hybridized carbons (Fsp3) is 0.440. The summed E-state index contributed by atoms with van der Waals surface area (Å²) in [6, 6.07) is 3.72. The van der Waals surface area contributed by atoms with Gasteiger partial charge in [-0.2, -0.15) is 0 Å². The highest BCUT2D eigenvalue weighted by Gasteiger charge is 2.42. The lowest BCUT2D eigenvalue weighted by molar-refractivity contribution is -0.117. The van der Waals surface area contributed by atoms with Crippen molar-refractivity contribution in [3.8, 4) is 11.5 Å². The maximum absolute atomic E-state index is 13.1. The molecule has 158 valence electrons. The van der Waals surface area contributed by atoms with E-state index in [9.17, 15) is 14.7 Å². The molecule has 1 aromatic carbocycles. The molecule has 1 heterocycles. The number of phenols is 1. The number of aromatic hydroxyl groups is 1. The number of phenolic OH excluding ortho intramolecular Hbond substituents is 1. The van der Waals surface area contributed by atoms with E-state index in [0.29, 0.717) is 37.2 Å². The van der Waals surface area contributed by atoms with Gasteiger partial charge in [0.25, 0.3) is 0 Å². The Morgan fingerprint density at radius 3 is 2.23 bits per heavy atom. The zero-order chi connectivity index (χ0) is 21.4. The second kappa shape index (κ2) is 8.13. The largest absolute Gasteiger partial charge is 0.504 e. The molecule has 0 fully saturated rings. The molecule has 5 nitrogen and oxygen atoms in total. The van der Waals surface area contributed by atoms with E-state index in [-0.39, 0.29) is 17.3 Å². The monoisotopic (exact) mass is 407 g/mol. The summed E-state index contributed by atoms with van der Waals surface area (Å²) in [6.07, 6.45) is 6.59. The summed E-state index contributed by atoms with van der Waals surface area (Å²) in [5.74, 6) is 0.335. The first kappa shape index (κ1) is 20.5. The molecule has 0 bridgehead atoms. The molecule has 2 aliphatic carbocycles. The zero-order valence-electron chi connectivity index (χ0n) is 17.8. The molecule has 0 atom stereocenters. The molecule has 0 spiro atoms. The highest BCUT2D eigenvalue weighted by atomic mass is 16.5. The summed E-state index contributed by atoms with van der Waals surface area (Å²) >= 11 is 0. The lowest BCUT2D eigenvalue weighted by Crippen LogP contribution is -2.37. The van der Waals surface area contributed by atoms with Crippen LogP contribution in [0.3, 0.4) is 0 Å². The molecule has 1 aliphatic heterocycles. The van der Waals surface area contributed by atoms with Crippen molar-refractivity contribution in [2.75, 3.05) is 13.7 Å². The van der Waals surface area contributed by atoms with Crippen LogP contribution in [-0.4, -0.2) is 35.2 Å². The van der Waals surface area contributed by atoms with Crippen LogP contribution in [0, 0.1) is 0 Å². The third kappa shape index (κ3) is 3.26. The summed E-state index contributed by atoms with van der Waals surface area (Å²) in [5.41, 5.74) is 5.11. The van der Waals surface area contributed by atoms with Gasteiger partial charge in [-0.15, -0.1) is 6.58 Å². The Kier molecular flexibility index (Phi) is 5.54. The maximum atomic E-state index is 13.1. The Morgan fingerprint density at radius 1 is 1.10 bits per heavy atom. The molecule has 1 aromatic rings. The standard InChI is InChI=1S/C25H29NO4/c1-4-8-15-13-16(14-21(25(15)29)30-5-2)22-23-17(9-6-11-19(23)27)26(3)18-10-7-12-20(28)24(18)22/h4,13-14,22,29H,1,5-12H2,2-3H3. The molecular weight excluding hydrogens is 378 g/mol. The smallest absolute Gasteiger partial charge is 0.161 e. The van der Waals surface area contributed by atoms with Gasteiger partial charge in [0.1, 0.15) is 0 Å². The molecule has 0 aromatic heterocycles. The average molecular weight is 408 g/mol. The summed E-state index contributed by atoms with van der Waals surface area (Å²) < 4.78 is 5.71. The number of carbonyl (C=O) groups is 2. The molecule has 30 heavy (non-hydrogen) atoms. The van der Waals surface area contributed by atoms with Gasteiger partial charge in [0.05, 0.1) is 6.61 Å². The fourth-order valence-corrected chi connectivity index (χ4v) is 5.12. The van der Waals surface area contributed by atoms with Crippen LogP contribution in [0.5, 0.6) is 11.5 Å². The predicted molar refractivity (Wildman–Crippen MR) is 115 cm³/mol. The minimum atomic E-state index is -0.393. The van der Waals surface area contributed by atoms with Crippen LogP contribution in [0.2, 0.25) is 0 Å². The minimum absolute atomic E-state index is 0.0989. The van der Waals surface area contributed by atoms with Gasteiger partial charge in [-0.3, -0.25) is 9.59 Å². The predicted octanol–water partition coefficient (Wildman–Crippen LogP) is 4.56. The van der Waals surface area contributed by atoms with Crippen LogP contribution in [0.4, 0.5) is 0 Å². The van der Waals surface area contributed by atoms with Gasteiger partial charge in [-0.1, -0.05) is 12.1 Å². The van der Waals surface area contributed by atoms with Crippen molar-refractivity contribution in [3.05, 3.63) is 58.5 Å². The number of hydrogen-bond acceptors (Lipinski definition) is 5. The quantitative estimate of drug-likeness (QED) is 0.725. The molecule has 0 unspecified atom stereocenters. The van der Waals surface area contributed by atoms with E-state index in [1.54, 1.807) is 12.1 Å². The Hall–Kier alpha value is -2.82. The van der Waals surface area contributed by atoms with E-state index in [1.807, 2.05) is 20.0 Å². The normalized spacial score (nSPS) is 19.7. The van der Waals surface area contributed by atoms with Crippen molar-refractivity contribution in [3.63, 3.8) is 0 Å². The van der Waals surface area contributed by atoms with Crippen molar-refractivity contribution in [2.24, 2.45) is 0 Å². The van der Waals surface area contributed by atoms with Gasteiger partial charge in [-0.25, -0.2) is 0 Å². The number of ketones is 2. The minimum Gasteiger partial charge on any atom is -0.504 e. The third-order valence-corrected chi connectivity index (χ3v) is 6.42. The van der Waals surface area contributed by atoms with Gasteiger partial charge in [0.2, 0.25) is 0 Å². The Balaban J connectivity index is 1.97. The molecule has 5 heteroatoms. The summed E-state index contributed by atoms with van der Waals surface area (Å²) in [6.45, 7) is 6.08. The van der Waals surface area contributed by atoms with Crippen molar-refractivity contribution in [2.45, 2.75) is 57.8 Å². The Bertz CT molecular complexity index is 941. The third-order valence-electron chi connectivity index (χ3n) is 6.42. The lowest BCUT2D eigenvalue weighted by Gasteiger charge is -2.42. The zero-order valence-corrected chi connectivity index (χ0v) is 17.8. The number of hydrogen-bond donors (Lipinski definition) is 1. The number of benzene rings is 1. The van der Waals surface area contributed by atoms with Gasteiger partial charge >= 0.3 is 0 Å². The molecule has 0 saturated carbocycles. The molecule has 4 rings (SSSR count). The van der Waals surface area contributed by atoms with E-state index in [0.717, 1.165) is 53.8 Å². The first-order chi connectivity index (χ1) is 14.5. The molecule has 1 N–H and O–H groups in total. The van der Waals surface area contributed by atoms with E-state index >= 15 is 0 Å². The fourth-order valence-electron chi connectivity index (χ4n) is 5.12. The first-order valence-corrected chi connectivity index (χ1v) is 10.8. The molecular formula is C25H29NO4. The van der Waals surface area contributed by atoms with Gasteiger partial charge in [-0.05, 0) is 50.7 Å². The van der Waals surface area contributed by atoms with Crippen LogP contribution in [0.15, 0.2) is 47.3 Å². The van der Waals surface area contributed by atoms with E-state index in [4.69, 9.17) is 4.74 Å². The number of nitrogens with zero attached hydrogens (tertiary/aromatic N) is 1. The average Bonchev–Trinajstić information content (AvgIpc) is 2.73. The molecule has 0 saturated heterocycles. The molecule has 0 radical (unpaired) electrons. The van der Waals surface area contributed by atoms with Crippen LogP contribution < -0.4 is 4.74 Å². The number of ether oxygens (including phenoxy) is 1. The number of carbonyl (C=O) groups excluding carboxylic acids is 2. The van der Waals surface area contributed by atoms with Crippen molar-refractivity contribution in [1.29, 1.82) is 0 Å². The van der Waals surface area contributed by atoms with E-state index in [2.05, 4.69) is 11.5 Å². The topological polar surface area (TPSA) is 66.8 Å². The van der Waals surface area contributed by atoms with E-state index < -0.39 is 5.92 Å². The SMILES string of the molecule is C=CCc1cc(C2C3=C(CCCC3=O)N(C)C3=C2C(=O)CCC3)cc(OCC)c1O. The second-order valence-corrected chi connectivity index (χ2v) is 8.22. The van der Waals surface area contributed by atoms with Crippen molar-refractivity contribution in [1.82, 2.24) is 4.90 Å². The Morgan fingerprint density at radius 2 is 1.70 bits per heavy atom. The van der Waals surface area contributed by atoms with Gasteiger partial charge in [0, 0.05) is 53.9 Å². The summed E-state index contributed by atoms with van der Waals surface area (Å²) in [7, 11) is 1.99. The summed E-state index contributed by atoms with van der Waals surface area (Å²) in [5, 5.41) is 10.6. The van der Waals surface area contributed by atoms with Crippen molar-refractivity contribution >= 4 is 11.6 Å². The van der Waals surface area contributed by atoms with E-state index in [1.165, 1.54) is 0 Å². The molecule has 0 amide bonds. The van der Waals surface area contributed by atoms with Crippen LogP contribution >= 0.6 is 0 Å². The van der Waals surface area contributed by atoms with Crippen LogP contribution in [-0.2, 0) is 16.0 Å². The van der Waals surface area contributed by atoms with Gasteiger partial charge < -0.3 is 14.7 Å². The number of allylic oxidation sites excluding steroid dienone is 5. The Labute approximate surface area is 177 Å². The van der Waals surface area contributed by atoms with Crippen LogP contribution in [0.25, 0.3) is 0 Å².